The number of amides is 1. The first-order chi connectivity index (χ1) is 10.5. The summed E-state index contributed by atoms with van der Waals surface area (Å²) in [6.45, 7) is 4.22. The van der Waals surface area contributed by atoms with Gasteiger partial charge in [0, 0.05) is 12.6 Å². The number of carbonyl (C=O) groups is 2. The van der Waals surface area contributed by atoms with Crippen LogP contribution >= 0.6 is 0 Å². The maximum atomic E-state index is 12.2. The third-order valence-corrected chi connectivity index (χ3v) is 4.20. The summed E-state index contributed by atoms with van der Waals surface area (Å²) in [5.74, 6) is -0.920. The molecule has 0 unspecified atom stereocenters. The molecule has 0 aliphatic carbocycles. The number of ether oxygens (including phenoxy) is 1. The lowest BCUT2D eigenvalue weighted by atomic mass is 10.00. The van der Waals surface area contributed by atoms with Crippen molar-refractivity contribution in [3.05, 3.63) is 29.3 Å². The Kier molecular flexibility index (Phi) is 5.41. The molecule has 1 atom stereocenters. The first-order valence-corrected chi connectivity index (χ1v) is 7.79. The van der Waals surface area contributed by atoms with E-state index in [1.165, 1.54) is 6.07 Å². The van der Waals surface area contributed by atoms with E-state index in [-0.39, 0.29) is 29.9 Å². The van der Waals surface area contributed by atoms with E-state index in [1.807, 2.05) is 4.90 Å². The molecular weight excluding hydrogens is 282 g/mol. The highest BCUT2D eigenvalue weighted by molar-refractivity contribution is 5.94. The second kappa shape index (κ2) is 7.29. The number of rotatable bonds is 4. The Hall–Kier alpha value is -2.04. The summed E-state index contributed by atoms with van der Waals surface area (Å²) in [7, 11) is 0. The molecule has 1 N–H and O–H groups in total. The van der Waals surface area contributed by atoms with Crippen molar-refractivity contribution in [3.63, 3.8) is 0 Å². The fourth-order valence-corrected chi connectivity index (χ4v) is 2.86. The van der Waals surface area contributed by atoms with Crippen molar-refractivity contribution in [2.75, 3.05) is 13.2 Å². The first-order valence-electron chi connectivity index (χ1n) is 7.79. The number of hydrogen-bond acceptors (Lipinski definition) is 4. The molecule has 1 aliphatic heterocycles. The first kappa shape index (κ1) is 16.3. The fraction of sp³-hybridized carbons (Fsp3) is 0.529. The molecule has 0 radical (unpaired) electrons. The SMILES string of the molecule is CC[C@@H]1CCCCN1C(=O)COC(=O)c1cccc(C)c1O. The van der Waals surface area contributed by atoms with Crippen molar-refractivity contribution in [1.82, 2.24) is 4.90 Å². The Morgan fingerprint density at radius 1 is 1.36 bits per heavy atom. The highest BCUT2D eigenvalue weighted by Crippen LogP contribution is 2.23. The zero-order valence-corrected chi connectivity index (χ0v) is 13.2. The average molecular weight is 305 g/mol. The topological polar surface area (TPSA) is 66.8 Å². The number of para-hydroxylation sites is 1. The molecule has 5 heteroatoms. The number of nitrogens with zero attached hydrogens (tertiary/aromatic N) is 1. The number of phenolic OH excluding ortho intramolecular Hbond substituents is 1. The summed E-state index contributed by atoms with van der Waals surface area (Å²) >= 11 is 0. The van der Waals surface area contributed by atoms with Gasteiger partial charge in [0.1, 0.15) is 11.3 Å². The van der Waals surface area contributed by atoms with Crippen LogP contribution in [0.5, 0.6) is 5.75 Å². The van der Waals surface area contributed by atoms with Crippen molar-refractivity contribution in [3.8, 4) is 5.75 Å². The maximum Gasteiger partial charge on any atom is 0.342 e. The van der Waals surface area contributed by atoms with E-state index in [2.05, 4.69) is 6.92 Å². The molecule has 0 bridgehead atoms. The van der Waals surface area contributed by atoms with Gasteiger partial charge in [0.15, 0.2) is 6.61 Å². The van der Waals surface area contributed by atoms with Crippen molar-refractivity contribution in [2.24, 2.45) is 0 Å². The van der Waals surface area contributed by atoms with Crippen LogP contribution in [0.15, 0.2) is 18.2 Å². The molecule has 1 amide bonds. The van der Waals surface area contributed by atoms with Gasteiger partial charge in [0.05, 0.1) is 0 Å². The molecule has 5 nitrogen and oxygen atoms in total. The Morgan fingerprint density at radius 2 is 2.14 bits per heavy atom. The van der Waals surface area contributed by atoms with E-state index in [9.17, 15) is 14.7 Å². The molecule has 1 heterocycles. The number of hydrogen-bond donors (Lipinski definition) is 1. The molecule has 1 aromatic carbocycles. The molecule has 1 fully saturated rings. The number of aromatic hydroxyl groups is 1. The van der Waals surface area contributed by atoms with Gasteiger partial charge in [-0.15, -0.1) is 0 Å². The van der Waals surface area contributed by atoms with Crippen LogP contribution in [0.1, 0.15) is 48.5 Å². The Labute approximate surface area is 130 Å². The van der Waals surface area contributed by atoms with Crippen LogP contribution < -0.4 is 0 Å². The molecule has 120 valence electrons. The van der Waals surface area contributed by atoms with Crippen LogP contribution in [0.3, 0.4) is 0 Å². The van der Waals surface area contributed by atoms with Crippen molar-refractivity contribution in [1.29, 1.82) is 0 Å². The number of piperidine rings is 1. The fourth-order valence-electron chi connectivity index (χ4n) is 2.86. The highest BCUT2D eigenvalue weighted by Gasteiger charge is 2.26. The minimum atomic E-state index is -0.667. The number of benzene rings is 1. The van der Waals surface area contributed by atoms with Crippen molar-refractivity contribution < 1.29 is 19.4 Å². The van der Waals surface area contributed by atoms with Crippen molar-refractivity contribution >= 4 is 11.9 Å². The van der Waals surface area contributed by atoms with Gasteiger partial charge in [-0.2, -0.15) is 0 Å². The normalized spacial score (nSPS) is 18.1. The van der Waals surface area contributed by atoms with Crippen LogP contribution in [-0.4, -0.2) is 41.1 Å². The smallest absolute Gasteiger partial charge is 0.342 e. The molecular formula is C17H23NO4. The number of likely N-dealkylation sites (tertiary alicyclic amines) is 1. The van der Waals surface area contributed by atoms with Gasteiger partial charge in [0.25, 0.3) is 5.91 Å². The summed E-state index contributed by atoms with van der Waals surface area (Å²) in [6.07, 6.45) is 4.06. The second-order valence-corrected chi connectivity index (χ2v) is 5.69. The summed E-state index contributed by atoms with van der Waals surface area (Å²) < 4.78 is 5.08. The Bertz CT molecular complexity index is 556. The van der Waals surface area contributed by atoms with E-state index in [4.69, 9.17) is 4.74 Å². The number of aryl methyl sites for hydroxylation is 1. The van der Waals surface area contributed by atoms with E-state index < -0.39 is 5.97 Å². The van der Waals surface area contributed by atoms with E-state index in [0.29, 0.717) is 5.56 Å². The Balaban J connectivity index is 1.95. The largest absolute Gasteiger partial charge is 0.507 e. The van der Waals surface area contributed by atoms with Crippen LogP contribution in [0.2, 0.25) is 0 Å². The van der Waals surface area contributed by atoms with E-state index in [1.54, 1.807) is 19.1 Å². The zero-order valence-electron chi connectivity index (χ0n) is 13.2. The zero-order chi connectivity index (χ0) is 16.1. The molecule has 0 spiro atoms. The van der Waals surface area contributed by atoms with Gasteiger partial charge in [0.2, 0.25) is 0 Å². The van der Waals surface area contributed by atoms with Crippen LogP contribution in [-0.2, 0) is 9.53 Å². The molecule has 0 saturated carbocycles. The molecule has 1 aliphatic rings. The predicted octanol–water partition coefficient (Wildman–Crippen LogP) is 2.65. The standard InChI is InChI=1S/C17H23NO4/c1-3-13-8-4-5-10-18(13)15(19)11-22-17(21)14-9-6-7-12(2)16(14)20/h6-7,9,13,20H,3-5,8,10-11H2,1-2H3/t13-/m1/s1. The molecule has 2 rings (SSSR count). The lowest BCUT2D eigenvalue weighted by molar-refractivity contribution is -0.138. The molecule has 0 aromatic heterocycles. The number of esters is 1. The third-order valence-electron chi connectivity index (χ3n) is 4.20. The van der Waals surface area contributed by atoms with Crippen molar-refractivity contribution in [2.45, 2.75) is 45.6 Å². The monoisotopic (exact) mass is 305 g/mol. The minimum absolute atomic E-state index is 0.0932. The van der Waals surface area contributed by atoms with Crippen LogP contribution in [0.4, 0.5) is 0 Å². The van der Waals surface area contributed by atoms with Crippen LogP contribution in [0.25, 0.3) is 0 Å². The van der Waals surface area contributed by atoms with Gasteiger partial charge >= 0.3 is 5.97 Å². The minimum Gasteiger partial charge on any atom is -0.507 e. The summed E-state index contributed by atoms with van der Waals surface area (Å²) in [6, 6.07) is 5.11. The lowest BCUT2D eigenvalue weighted by Gasteiger charge is -2.35. The third kappa shape index (κ3) is 3.59. The number of carbonyl (C=O) groups excluding carboxylic acids is 2. The Morgan fingerprint density at radius 3 is 2.86 bits per heavy atom. The summed E-state index contributed by atoms with van der Waals surface area (Å²) in [5.41, 5.74) is 0.696. The molecule has 22 heavy (non-hydrogen) atoms. The quantitative estimate of drug-likeness (QED) is 0.868. The summed E-state index contributed by atoms with van der Waals surface area (Å²) in [4.78, 5) is 26.1. The van der Waals surface area contributed by atoms with E-state index in [0.717, 1.165) is 32.2 Å². The van der Waals surface area contributed by atoms with Gasteiger partial charge in [-0.1, -0.05) is 19.1 Å². The van der Waals surface area contributed by atoms with Gasteiger partial charge < -0.3 is 14.7 Å². The van der Waals surface area contributed by atoms with Gasteiger partial charge in [-0.05, 0) is 44.2 Å². The van der Waals surface area contributed by atoms with Gasteiger partial charge in [-0.25, -0.2) is 4.79 Å². The summed E-state index contributed by atoms with van der Waals surface area (Å²) in [5, 5.41) is 9.87. The lowest BCUT2D eigenvalue weighted by Crippen LogP contribution is -2.45. The highest BCUT2D eigenvalue weighted by atomic mass is 16.5. The molecule has 1 aromatic rings. The second-order valence-electron chi connectivity index (χ2n) is 5.69. The molecule has 1 saturated heterocycles. The predicted molar refractivity (Wildman–Crippen MR) is 82.8 cm³/mol. The van der Waals surface area contributed by atoms with Crippen LogP contribution in [0, 0.1) is 6.92 Å². The van der Waals surface area contributed by atoms with Gasteiger partial charge in [-0.3, -0.25) is 4.79 Å². The number of phenols is 1. The van der Waals surface area contributed by atoms with E-state index >= 15 is 0 Å². The average Bonchev–Trinajstić information content (AvgIpc) is 2.54. The maximum absolute atomic E-state index is 12.2.